The Bertz CT molecular complexity index is 611. The zero-order valence-corrected chi connectivity index (χ0v) is 16.5. The van der Waals surface area contributed by atoms with Crippen molar-refractivity contribution in [3.8, 4) is 0 Å². The molecule has 1 saturated carbocycles. The molecule has 0 spiro atoms. The van der Waals surface area contributed by atoms with E-state index in [9.17, 15) is 9.59 Å². The van der Waals surface area contributed by atoms with E-state index in [4.69, 9.17) is 0 Å². The van der Waals surface area contributed by atoms with E-state index in [0.29, 0.717) is 24.9 Å². The van der Waals surface area contributed by atoms with Crippen LogP contribution >= 0.6 is 0 Å². The molecule has 2 fully saturated rings. The highest BCUT2D eigenvalue weighted by molar-refractivity contribution is 5.79. The summed E-state index contributed by atoms with van der Waals surface area (Å²) in [6.45, 7) is 4.45. The van der Waals surface area contributed by atoms with Gasteiger partial charge in [0.1, 0.15) is 0 Å². The van der Waals surface area contributed by atoms with Crippen molar-refractivity contribution in [3.05, 3.63) is 35.9 Å². The molecule has 27 heavy (non-hydrogen) atoms. The zero-order valence-electron chi connectivity index (χ0n) is 16.5. The van der Waals surface area contributed by atoms with Gasteiger partial charge in [-0.15, -0.1) is 0 Å². The average molecular weight is 372 g/mol. The average Bonchev–Trinajstić information content (AvgIpc) is 2.66. The normalized spacial score (nSPS) is 24.3. The van der Waals surface area contributed by atoms with Gasteiger partial charge in [-0.05, 0) is 37.2 Å². The molecule has 1 saturated heterocycles. The van der Waals surface area contributed by atoms with Crippen molar-refractivity contribution >= 4 is 11.8 Å². The van der Waals surface area contributed by atoms with Crippen LogP contribution < -0.4 is 10.6 Å². The molecule has 1 heterocycles. The summed E-state index contributed by atoms with van der Waals surface area (Å²) in [5, 5.41) is 6.38. The second-order valence-electron chi connectivity index (χ2n) is 8.22. The van der Waals surface area contributed by atoms with E-state index in [1.807, 2.05) is 30.3 Å². The van der Waals surface area contributed by atoms with Crippen molar-refractivity contribution in [3.63, 3.8) is 0 Å². The van der Waals surface area contributed by atoms with Crippen LogP contribution in [0.25, 0.3) is 0 Å². The van der Waals surface area contributed by atoms with Gasteiger partial charge in [0.25, 0.3) is 0 Å². The summed E-state index contributed by atoms with van der Waals surface area (Å²) in [4.78, 5) is 26.8. The van der Waals surface area contributed by atoms with Crippen LogP contribution in [0.1, 0.15) is 51.0 Å². The molecule has 2 amide bonds. The fraction of sp³-hybridized carbons (Fsp3) is 0.636. The van der Waals surface area contributed by atoms with Crippen LogP contribution in [0, 0.1) is 5.92 Å². The van der Waals surface area contributed by atoms with Gasteiger partial charge < -0.3 is 10.6 Å². The first-order valence-electron chi connectivity index (χ1n) is 10.4. The minimum absolute atomic E-state index is 0.0867. The number of benzene rings is 1. The summed E-state index contributed by atoms with van der Waals surface area (Å²) >= 11 is 0. The number of likely N-dealkylation sites (tertiary alicyclic amines) is 1. The van der Waals surface area contributed by atoms with Gasteiger partial charge in [-0.2, -0.15) is 0 Å². The highest BCUT2D eigenvalue weighted by Gasteiger charge is 2.25. The minimum atomic E-state index is 0.0867. The maximum atomic E-state index is 12.4. The smallest absolute Gasteiger partial charge is 0.234 e. The third-order valence-electron chi connectivity index (χ3n) is 5.99. The van der Waals surface area contributed by atoms with Gasteiger partial charge in [0.05, 0.1) is 13.0 Å². The Labute approximate surface area is 162 Å². The highest BCUT2D eigenvalue weighted by atomic mass is 16.2. The Balaban J connectivity index is 1.34. The van der Waals surface area contributed by atoms with E-state index in [2.05, 4.69) is 22.5 Å². The molecule has 0 unspecified atom stereocenters. The van der Waals surface area contributed by atoms with E-state index in [1.165, 1.54) is 19.3 Å². The third-order valence-corrected chi connectivity index (χ3v) is 5.99. The Morgan fingerprint density at radius 3 is 2.37 bits per heavy atom. The van der Waals surface area contributed by atoms with Crippen LogP contribution in [0.3, 0.4) is 0 Å². The summed E-state index contributed by atoms with van der Waals surface area (Å²) in [6.07, 6.45) is 7.10. The maximum absolute atomic E-state index is 12.4. The molecule has 0 aromatic heterocycles. The van der Waals surface area contributed by atoms with Gasteiger partial charge in [-0.25, -0.2) is 0 Å². The molecular weight excluding hydrogens is 338 g/mol. The minimum Gasteiger partial charge on any atom is -0.353 e. The Kier molecular flexibility index (Phi) is 7.27. The molecular formula is C22H33N3O2. The van der Waals surface area contributed by atoms with Crippen LogP contribution in [0.5, 0.6) is 0 Å². The van der Waals surface area contributed by atoms with Gasteiger partial charge in [0.2, 0.25) is 11.8 Å². The summed E-state index contributed by atoms with van der Waals surface area (Å²) in [5.74, 6) is 0.831. The van der Waals surface area contributed by atoms with Crippen LogP contribution in [0.2, 0.25) is 0 Å². The van der Waals surface area contributed by atoms with Crippen molar-refractivity contribution in [1.29, 1.82) is 0 Å². The quantitative estimate of drug-likeness (QED) is 0.808. The monoisotopic (exact) mass is 371 g/mol. The number of hydrogen-bond acceptors (Lipinski definition) is 3. The van der Waals surface area contributed by atoms with Crippen molar-refractivity contribution in [2.24, 2.45) is 5.92 Å². The SMILES string of the molecule is C[C@H]1CCCC[C@@H]1NC(=O)CN1CCC(NC(=O)Cc2ccccc2)CC1. The predicted octanol–water partition coefficient (Wildman–Crippen LogP) is 2.50. The molecule has 1 aliphatic heterocycles. The number of rotatable bonds is 6. The Morgan fingerprint density at radius 2 is 1.67 bits per heavy atom. The van der Waals surface area contributed by atoms with Crippen molar-refractivity contribution in [2.45, 2.75) is 64.0 Å². The number of nitrogens with one attached hydrogen (secondary N) is 2. The van der Waals surface area contributed by atoms with Crippen LogP contribution in [-0.2, 0) is 16.0 Å². The lowest BCUT2D eigenvalue weighted by molar-refractivity contribution is -0.124. The van der Waals surface area contributed by atoms with E-state index in [1.54, 1.807) is 0 Å². The Hall–Kier alpha value is -1.88. The Morgan fingerprint density at radius 1 is 0.963 bits per heavy atom. The van der Waals surface area contributed by atoms with Crippen molar-refractivity contribution in [1.82, 2.24) is 15.5 Å². The topological polar surface area (TPSA) is 61.4 Å². The van der Waals surface area contributed by atoms with Crippen molar-refractivity contribution < 1.29 is 9.59 Å². The fourth-order valence-electron chi connectivity index (χ4n) is 4.28. The van der Waals surface area contributed by atoms with Crippen LogP contribution in [-0.4, -0.2) is 48.4 Å². The number of piperidine rings is 1. The number of carbonyl (C=O) groups excluding carboxylic acids is 2. The molecule has 148 valence electrons. The largest absolute Gasteiger partial charge is 0.353 e. The lowest BCUT2D eigenvalue weighted by Gasteiger charge is -2.33. The summed E-state index contributed by atoms with van der Waals surface area (Å²) in [7, 11) is 0. The summed E-state index contributed by atoms with van der Waals surface area (Å²) in [5.41, 5.74) is 1.04. The molecule has 0 bridgehead atoms. The third kappa shape index (κ3) is 6.35. The summed E-state index contributed by atoms with van der Waals surface area (Å²) in [6, 6.07) is 10.4. The highest BCUT2D eigenvalue weighted by Crippen LogP contribution is 2.23. The van der Waals surface area contributed by atoms with Gasteiger partial charge in [0, 0.05) is 25.2 Å². The van der Waals surface area contributed by atoms with E-state index in [-0.39, 0.29) is 17.9 Å². The van der Waals surface area contributed by atoms with Gasteiger partial charge in [-0.1, -0.05) is 50.1 Å². The molecule has 2 aliphatic rings. The maximum Gasteiger partial charge on any atom is 0.234 e. The second-order valence-corrected chi connectivity index (χ2v) is 8.22. The fourth-order valence-corrected chi connectivity index (χ4v) is 4.28. The molecule has 1 aliphatic carbocycles. The van der Waals surface area contributed by atoms with Crippen LogP contribution in [0.4, 0.5) is 0 Å². The molecule has 0 radical (unpaired) electrons. The number of carbonyl (C=O) groups is 2. The first-order chi connectivity index (χ1) is 13.1. The summed E-state index contributed by atoms with van der Waals surface area (Å²) < 4.78 is 0. The molecule has 1 aromatic rings. The molecule has 1 aromatic carbocycles. The lowest BCUT2D eigenvalue weighted by Crippen LogP contribution is -2.49. The molecule has 5 heteroatoms. The van der Waals surface area contributed by atoms with Crippen molar-refractivity contribution in [2.75, 3.05) is 19.6 Å². The van der Waals surface area contributed by atoms with E-state index in [0.717, 1.165) is 37.9 Å². The number of hydrogen-bond donors (Lipinski definition) is 2. The van der Waals surface area contributed by atoms with E-state index < -0.39 is 0 Å². The van der Waals surface area contributed by atoms with Crippen LogP contribution in [0.15, 0.2) is 30.3 Å². The first kappa shape index (κ1) is 19.9. The molecule has 3 rings (SSSR count). The predicted molar refractivity (Wildman–Crippen MR) is 107 cm³/mol. The lowest BCUT2D eigenvalue weighted by atomic mass is 9.86. The zero-order chi connectivity index (χ0) is 19.1. The van der Waals surface area contributed by atoms with Gasteiger partial charge in [-0.3, -0.25) is 14.5 Å². The standard InChI is InChI=1S/C22H33N3O2/c1-17-7-5-6-10-20(17)24-22(27)16-25-13-11-19(12-14-25)23-21(26)15-18-8-3-2-4-9-18/h2-4,8-9,17,19-20H,5-7,10-16H2,1H3,(H,23,26)(H,24,27)/t17-,20-/m0/s1. The number of amides is 2. The van der Waals surface area contributed by atoms with Gasteiger partial charge in [0.15, 0.2) is 0 Å². The molecule has 2 atom stereocenters. The van der Waals surface area contributed by atoms with Gasteiger partial charge >= 0.3 is 0 Å². The molecule has 2 N–H and O–H groups in total. The number of nitrogens with zero attached hydrogens (tertiary/aromatic N) is 1. The van der Waals surface area contributed by atoms with E-state index >= 15 is 0 Å². The first-order valence-corrected chi connectivity index (χ1v) is 10.4. The second kappa shape index (κ2) is 9.88. The molecule has 5 nitrogen and oxygen atoms in total.